The van der Waals surface area contributed by atoms with E-state index in [1.807, 2.05) is 0 Å². The van der Waals surface area contributed by atoms with Crippen LogP contribution in [0.4, 0.5) is 0 Å². The van der Waals surface area contributed by atoms with Crippen LogP contribution in [-0.4, -0.2) is 4.33 Å². The fraction of sp³-hybridized carbons (Fsp3) is 0.333. The molecule has 5 heavy (non-hydrogen) atoms. The first kappa shape index (κ1) is 3.33. The number of rotatable bonds is 0. The van der Waals surface area contributed by atoms with Crippen molar-refractivity contribution in [2.75, 3.05) is 0 Å². The molecular formula is C3Cl2. The van der Waals surface area contributed by atoms with Gasteiger partial charge in [-0.1, -0.05) is 23.2 Å². The fourth-order valence-corrected chi connectivity index (χ4v) is 0.142. The van der Waals surface area contributed by atoms with Gasteiger partial charge in [-0.05, 0) is 11.8 Å². The van der Waals surface area contributed by atoms with Crippen molar-refractivity contribution < 1.29 is 0 Å². The molecule has 1 aliphatic carbocycles. The molecule has 2 heteroatoms. The predicted molar refractivity (Wildman–Crippen MR) is 22.2 cm³/mol. The molecule has 0 bridgehead atoms. The van der Waals surface area contributed by atoms with Crippen LogP contribution in [0.3, 0.4) is 0 Å². The highest BCUT2D eigenvalue weighted by Crippen LogP contribution is 2.26. The molecule has 0 saturated carbocycles. The normalized spacial score (nSPS) is 23.6. The van der Waals surface area contributed by atoms with E-state index in [1.165, 1.54) is 0 Å². The molecule has 0 heterocycles. The van der Waals surface area contributed by atoms with Gasteiger partial charge in [-0.2, -0.15) is 0 Å². The summed E-state index contributed by atoms with van der Waals surface area (Å²) in [5.41, 5.74) is 0. The van der Waals surface area contributed by atoms with E-state index in [4.69, 9.17) is 23.2 Å². The number of hydrogen-bond donors (Lipinski definition) is 0. The standard InChI is InChI=1S/C3Cl2/c4-3(5)1-2-3. The molecule has 0 radical (unpaired) electrons. The lowest BCUT2D eigenvalue weighted by atomic mass is 10.8. The largest absolute Gasteiger partial charge is 0.239 e. The quantitative estimate of drug-likeness (QED) is 0.322. The van der Waals surface area contributed by atoms with Gasteiger partial charge in [0, 0.05) is 0 Å². The highest BCUT2D eigenvalue weighted by molar-refractivity contribution is 6.55. The van der Waals surface area contributed by atoms with Crippen molar-refractivity contribution in [2.24, 2.45) is 0 Å². The summed E-state index contributed by atoms with van der Waals surface area (Å²) in [6.45, 7) is 0. The van der Waals surface area contributed by atoms with Crippen LogP contribution in [0.25, 0.3) is 0 Å². The molecule has 0 saturated heterocycles. The molecule has 26 valence electrons. The molecule has 0 fully saturated rings. The molecule has 1 aliphatic rings. The van der Waals surface area contributed by atoms with Crippen molar-refractivity contribution >= 4 is 23.2 Å². The van der Waals surface area contributed by atoms with Crippen LogP contribution in [0.5, 0.6) is 0 Å². The van der Waals surface area contributed by atoms with Gasteiger partial charge in [-0.15, -0.1) is 0 Å². The van der Waals surface area contributed by atoms with E-state index in [0.29, 0.717) is 0 Å². The summed E-state index contributed by atoms with van der Waals surface area (Å²) < 4.78 is -0.806. The summed E-state index contributed by atoms with van der Waals surface area (Å²) in [6, 6.07) is 0. The van der Waals surface area contributed by atoms with Gasteiger partial charge in [-0.3, -0.25) is 0 Å². The van der Waals surface area contributed by atoms with Crippen LogP contribution in [0, 0.1) is 11.8 Å². The molecule has 0 aromatic rings. The van der Waals surface area contributed by atoms with Crippen molar-refractivity contribution in [3.63, 3.8) is 0 Å². The summed E-state index contributed by atoms with van der Waals surface area (Å²) in [5, 5.41) is 0. The van der Waals surface area contributed by atoms with Gasteiger partial charge in [0.15, 0.2) is 0 Å². The summed E-state index contributed by atoms with van der Waals surface area (Å²) >= 11 is 10.4. The lowest BCUT2D eigenvalue weighted by Gasteiger charge is -1.79. The average molecular weight is 107 g/mol. The van der Waals surface area contributed by atoms with Crippen LogP contribution >= 0.6 is 23.2 Å². The zero-order valence-electron chi connectivity index (χ0n) is 2.26. The van der Waals surface area contributed by atoms with Crippen LogP contribution in [0.1, 0.15) is 0 Å². The van der Waals surface area contributed by atoms with Gasteiger partial charge in [0.1, 0.15) is 0 Å². The Balaban J connectivity index is 2.50. The van der Waals surface area contributed by atoms with Gasteiger partial charge in [0.25, 0.3) is 0 Å². The maximum atomic E-state index is 5.18. The number of halogens is 2. The Kier molecular flexibility index (Phi) is 0.411. The van der Waals surface area contributed by atoms with E-state index in [2.05, 4.69) is 11.8 Å². The first-order valence-corrected chi connectivity index (χ1v) is 1.88. The highest BCUT2D eigenvalue weighted by Gasteiger charge is 2.26. The zero-order chi connectivity index (χ0) is 3.91. The van der Waals surface area contributed by atoms with Gasteiger partial charge in [-0.25, -0.2) is 0 Å². The number of alkyl halides is 2. The summed E-state index contributed by atoms with van der Waals surface area (Å²) in [4.78, 5) is 0. The topological polar surface area (TPSA) is 0 Å². The Morgan fingerprint density at radius 1 is 1.20 bits per heavy atom. The Morgan fingerprint density at radius 2 is 1.40 bits per heavy atom. The van der Waals surface area contributed by atoms with E-state index < -0.39 is 4.33 Å². The van der Waals surface area contributed by atoms with Gasteiger partial charge in [0.2, 0.25) is 4.33 Å². The molecular weight excluding hydrogens is 107 g/mol. The summed E-state index contributed by atoms with van der Waals surface area (Å²) in [7, 11) is 0. The minimum atomic E-state index is -0.806. The molecule has 0 spiro atoms. The molecule has 0 amide bonds. The minimum absolute atomic E-state index is 0.806. The van der Waals surface area contributed by atoms with Crippen LogP contribution in [-0.2, 0) is 0 Å². The van der Waals surface area contributed by atoms with Crippen molar-refractivity contribution in [3.8, 4) is 11.8 Å². The number of hydrogen-bond acceptors (Lipinski definition) is 0. The van der Waals surface area contributed by atoms with E-state index >= 15 is 0 Å². The third-order valence-corrected chi connectivity index (χ3v) is 0.692. The van der Waals surface area contributed by atoms with E-state index in [0.717, 1.165) is 0 Å². The monoisotopic (exact) mass is 106 g/mol. The third kappa shape index (κ3) is 0.718. The van der Waals surface area contributed by atoms with Crippen molar-refractivity contribution in [1.29, 1.82) is 0 Å². The van der Waals surface area contributed by atoms with Crippen molar-refractivity contribution in [3.05, 3.63) is 0 Å². The minimum Gasteiger partial charge on any atom is -0.0729 e. The van der Waals surface area contributed by atoms with Crippen LogP contribution < -0.4 is 0 Å². The average Bonchev–Trinajstić information content (AvgIpc) is 1.76. The first-order valence-electron chi connectivity index (χ1n) is 1.13. The molecule has 0 N–H and O–H groups in total. The first-order chi connectivity index (χ1) is 2.21. The summed E-state index contributed by atoms with van der Waals surface area (Å²) in [5.74, 6) is 4.91. The van der Waals surface area contributed by atoms with E-state index in [-0.39, 0.29) is 0 Å². The Hall–Kier alpha value is 0.140. The lowest BCUT2D eigenvalue weighted by Crippen LogP contribution is -1.83. The third-order valence-electron chi connectivity index (χ3n) is 0.314. The fourth-order valence-electron chi connectivity index (χ4n) is 0.0472. The molecule has 0 nitrogen and oxygen atoms in total. The second-order valence-corrected chi connectivity index (χ2v) is 2.15. The van der Waals surface area contributed by atoms with E-state index in [1.54, 1.807) is 0 Å². The zero-order valence-corrected chi connectivity index (χ0v) is 3.77. The Bertz CT molecular complexity index is 93.8. The van der Waals surface area contributed by atoms with Crippen molar-refractivity contribution in [2.45, 2.75) is 4.33 Å². The SMILES string of the molecule is ClC1(Cl)C#C1. The molecule has 0 aliphatic heterocycles. The second-order valence-electron chi connectivity index (χ2n) is 0.824. The highest BCUT2D eigenvalue weighted by atomic mass is 35.5. The van der Waals surface area contributed by atoms with Crippen molar-refractivity contribution in [1.82, 2.24) is 0 Å². The second kappa shape index (κ2) is 0.616. The van der Waals surface area contributed by atoms with Gasteiger partial charge >= 0.3 is 0 Å². The maximum absolute atomic E-state index is 5.18. The summed E-state index contributed by atoms with van der Waals surface area (Å²) in [6.07, 6.45) is 0. The molecule has 0 atom stereocenters. The predicted octanol–water partition coefficient (Wildman–Crippen LogP) is 1.18. The lowest BCUT2D eigenvalue weighted by molar-refractivity contribution is 1.57. The Morgan fingerprint density at radius 3 is 1.40 bits per heavy atom. The molecule has 1 rings (SSSR count). The van der Waals surface area contributed by atoms with Crippen LogP contribution in [0.15, 0.2) is 0 Å². The van der Waals surface area contributed by atoms with Gasteiger partial charge in [0.05, 0.1) is 0 Å². The van der Waals surface area contributed by atoms with Crippen LogP contribution in [0.2, 0.25) is 0 Å². The molecule has 0 unspecified atom stereocenters. The maximum Gasteiger partial charge on any atom is 0.239 e. The van der Waals surface area contributed by atoms with Gasteiger partial charge < -0.3 is 0 Å². The van der Waals surface area contributed by atoms with E-state index in [9.17, 15) is 0 Å². The molecule has 0 aromatic carbocycles. The molecule has 0 aromatic heterocycles. The smallest absolute Gasteiger partial charge is 0.0729 e. The Labute approximate surface area is 40.1 Å².